The molecule has 1 saturated heterocycles. The number of hydrogen-bond acceptors (Lipinski definition) is 3. The summed E-state index contributed by atoms with van der Waals surface area (Å²) in [5.41, 5.74) is 5.03. The summed E-state index contributed by atoms with van der Waals surface area (Å²) in [5, 5.41) is 3.74. The third kappa shape index (κ3) is 1.64. The molecule has 1 radical (unpaired) electrons. The molecule has 1 aromatic rings. The van der Waals surface area contributed by atoms with Crippen LogP contribution >= 0.6 is 0 Å². The van der Waals surface area contributed by atoms with Crippen molar-refractivity contribution in [1.82, 2.24) is 14.7 Å². The Hall–Kier alpha value is -1.92. The fraction of sp³-hybridized carbons (Fsp3) is 0.444. The van der Waals surface area contributed by atoms with E-state index in [2.05, 4.69) is 11.2 Å². The molecule has 0 atom stereocenters. The summed E-state index contributed by atoms with van der Waals surface area (Å²) < 4.78 is 13.8. The van der Waals surface area contributed by atoms with Gasteiger partial charge in [0.15, 0.2) is 5.69 Å². The average molecular weight is 225 g/mol. The maximum Gasteiger partial charge on any atom is 0.272 e. The van der Waals surface area contributed by atoms with Crippen molar-refractivity contribution in [2.75, 3.05) is 13.1 Å². The Morgan fingerprint density at radius 3 is 2.62 bits per heavy atom. The molecule has 1 aromatic heterocycles. The van der Waals surface area contributed by atoms with Gasteiger partial charge < -0.3 is 10.6 Å². The van der Waals surface area contributed by atoms with Gasteiger partial charge in [0.25, 0.3) is 11.8 Å². The van der Waals surface area contributed by atoms with Crippen LogP contribution in [-0.2, 0) is 7.05 Å². The van der Waals surface area contributed by atoms with E-state index >= 15 is 0 Å². The molecule has 2 N–H and O–H groups in total. The standard InChI is InChI=1S/C9H10FN4O2/c1-13-7(2-6(12-13)8(11)15)9(16)14-3-5(10)4-14/h5H,3-4H2,1H3,(H2,11,15). The smallest absolute Gasteiger partial charge is 0.272 e. The fourth-order valence-electron chi connectivity index (χ4n) is 1.46. The molecule has 1 aliphatic heterocycles. The fourth-order valence-corrected chi connectivity index (χ4v) is 1.46. The number of primary amides is 1. The first-order chi connectivity index (χ1) is 7.49. The minimum Gasteiger partial charge on any atom is -0.364 e. The first-order valence-electron chi connectivity index (χ1n) is 4.68. The van der Waals surface area contributed by atoms with Crippen LogP contribution in [0, 0.1) is 6.07 Å². The number of likely N-dealkylation sites (tertiary alicyclic amines) is 1. The summed E-state index contributed by atoms with van der Waals surface area (Å²) in [6.07, 6.45) is -0.965. The van der Waals surface area contributed by atoms with Crippen LogP contribution in [-0.4, -0.2) is 45.8 Å². The minimum atomic E-state index is -0.965. The number of aromatic nitrogens is 2. The predicted molar refractivity (Wildman–Crippen MR) is 51.4 cm³/mol. The number of carbonyl (C=O) groups excluding carboxylic acids is 2. The molecule has 7 heteroatoms. The van der Waals surface area contributed by atoms with E-state index in [1.165, 1.54) is 16.6 Å². The number of hydrogen-bond donors (Lipinski definition) is 1. The first kappa shape index (κ1) is 10.6. The van der Waals surface area contributed by atoms with Crippen LogP contribution in [0.5, 0.6) is 0 Å². The summed E-state index contributed by atoms with van der Waals surface area (Å²) in [4.78, 5) is 23.9. The highest BCUT2D eigenvalue weighted by molar-refractivity contribution is 5.97. The second-order valence-corrected chi connectivity index (χ2v) is 3.62. The average Bonchev–Trinajstić information content (AvgIpc) is 2.55. The molecule has 0 aromatic carbocycles. The zero-order chi connectivity index (χ0) is 11.9. The number of nitrogens with zero attached hydrogens (tertiary/aromatic N) is 3. The Balaban J connectivity index is 2.20. The van der Waals surface area contributed by atoms with Gasteiger partial charge in [-0.05, 0) is 0 Å². The van der Waals surface area contributed by atoms with Gasteiger partial charge >= 0.3 is 0 Å². The van der Waals surface area contributed by atoms with Gasteiger partial charge in [0.1, 0.15) is 11.9 Å². The Kier molecular flexibility index (Phi) is 2.37. The number of amides is 2. The van der Waals surface area contributed by atoms with Gasteiger partial charge in [-0.25, -0.2) is 4.39 Å². The van der Waals surface area contributed by atoms with Crippen molar-refractivity contribution in [3.8, 4) is 0 Å². The quantitative estimate of drug-likeness (QED) is 0.709. The maximum absolute atomic E-state index is 12.6. The maximum atomic E-state index is 12.6. The molecule has 16 heavy (non-hydrogen) atoms. The molecule has 0 saturated carbocycles. The molecule has 6 nitrogen and oxygen atoms in total. The zero-order valence-corrected chi connectivity index (χ0v) is 8.61. The lowest BCUT2D eigenvalue weighted by Crippen LogP contribution is -2.51. The van der Waals surface area contributed by atoms with E-state index in [-0.39, 0.29) is 24.5 Å². The Bertz CT molecular complexity index is 450. The van der Waals surface area contributed by atoms with Gasteiger partial charge in [-0.3, -0.25) is 14.3 Å². The van der Waals surface area contributed by atoms with Crippen LogP contribution in [0.4, 0.5) is 4.39 Å². The number of nitrogens with two attached hydrogens (primary N) is 1. The van der Waals surface area contributed by atoms with E-state index in [4.69, 9.17) is 5.73 Å². The molecule has 85 valence electrons. The molecule has 0 unspecified atom stereocenters. The number of alkyl halides is 1. The van der Waals surface area contributed by atoms with Crippen LogP contribution in [0.1, 0.15) is 21.0 Å². The third-order valence-corrected chi connectivity index (χ3v) is 2.37. The first-order valence-corrected chi connectivity index (χ1v) is 4.68. The number of rotatable bonds is 2. The molecule has 1 aliphatic rings. The van der Waals surface area contributed by atoms with Gasteiger partial charge in [-0.1, -0.05) is 0 Å². The summed E-state index contributed by atoms with van der Waals surface area (Å²) in [6.45, 7) is 0.146. The summed E-state index contributed by atoms with van der Waals surface area (Å²) >= 11 is 0. The third-order valence-electron chi connectivity index (χ3n) is 2.37. The van der Waals surface area contributed by atoms with E-state index in [0.717, 1.165) is 0 Å². The number of aryl methyl sites for hydroxylation is 1. The van der Waals surface area contributed by atoms with Crippen molar-refractivity contribution in [3.63, 3.8) is 0 Å². The second kappa shape index (κ2) is 3.58. The minimum absolute atomic E-state index is 0.0732. The Morgan fingerprint density at radius 2 is 2.19 bits per heavy atom. The van der Waals surface area contributed by atoms with Crippen LogP contribution < -0.4 is 5.73 Å². The molecule has 0 spiro atoms. The molecule has 0 aliphatic carbocycles. The van der Waals surface area contributed by atoms with E-state index in [9.17, 15) is 14.0 Å². The van der Waals surface area contributed by atoms with Gasteiger partial charge in [-0.15, -0.1) is 0 Å². The van der Waals surface area contributed by atoms with Crippen molar-refractivity contribution < 1.29 is 14.0 Å². The Morgan fingerprint density at radius 1 is 1.56 bits per heavy atom. The molecule has 1 fully saturated rings. The van der Waals surface area contributed by atoms with E-state index in [1.807, 2.05) is 0 Å². The molecule has 2 heterocycles. The van der Waals surface area contributed by atoms with Crippen molar-refractivity contribution >= 4 is 11.8 Å². The summed E-state index contributed by atoms with van der Waals surface area (Å²) in [7, 11) is 1.50. The van der Waals surface area contributed by atoms with Crippen molar-refractivity contribution in [1.29, 1.82) is 0 Å². The lowest BCUT2D eigenvalue weighted by atomic mass is 10.1. The van der Waals surface area contributed by atoms with Gasteiger partial charge in [-0.2, -0.15) is 5.10 Å². The molecular formula is C9H10FN4O2. The molecule has 2 rings (SSSR count). The highest BCUT2D eigenvalue weighted by atomic mass is 19.1. The molecule has 0 bridgehead atoms. The molecule has 2 amide bonds. The number of carbonyl (C=O) groups is 2. The van der Waals surface area contributed by atoms with E-state index in [1.54, 1.807) is 0 Å². The largest absolute Gasteiger partial charge is 0.364 e. The lowest BCUT2D eigenvalue weighted by Gasteiger charge is -2.33. The lowest BCUT2D eigenvalue weighted by molar-refractivity contribution is 0.0389. The monoisotopic (exact) mass is 225 g/mol. The van der Waals surface area contributed by atoms with Crippen LogP contribution in [0.2, 0.25) is 0 Å². The van der Waals surface area contributed by atoms with Crippen LogP contribution in [0.3, 0.4) is 0 Å². The van der Waals surface area contributed by atoms with Crippen molar-refractivity contribution in [2.45, 2.75) is 6.17 Å². The zero-order valence-electron chi connectivity index (χ0n) is 8.61. The normalized spacial score (nSPS) is 16.0. The SMILES string of the molecule is Cn1nc(C(N)=O)[c]c1C(=O)N1CC(F)C1. The highest BCUT2D eigenvalue weighted by Gasteiger charge is 2.32. The highest BCUT2D eigenvalue weighted by Crippen LogP contribution is 2.15. The van der Waals surface area contributed by atoms with Crippen LogP contribution in [0.15, 0.2) is 0 Å². The van der Waals surface area contributed by atoms with Crippen molar-refractivity contribution in [3.05, 3.63) is 17.5 Å². The van der Waals surface area contributed by atoms with Gasteiger partial charge in [0.05, 0.1) is 19.2 Å². The Labute approximate surface area is 90.8 Å². The van der Waals surface area contributed by atoms with Gasteiger partial charge in [0, 0.05) is 7.05 Å². The molecular weight excluding hydrogens is 215 g/mol. The van der Waals surface area contributed by atoms with Gasteiger partial charge in [0.2, 0.25) is 0 Å². The van der Waals surface area contributed by atoms with E-state index in [0.29, 0.717) is 0 Å². The summed E-state index contributed by atoms with van der Waals surface area (Å²) in [5.74, 6) is -1.14. The van der Waals surface area contributed by atoms with E-state index < -0.39 is 18.0 Å². The number of halogens is 1. The summed E-state index contributed by atoms with van der Waals surface area (Å²) in [6, 6.07) is 2.51. The predicted octanol–water partition coefficient (Wildman–Crippen LogP) is -0.887. The van der Waals surface area contributed by atoms with Crippen molar-refractivity contribution in [2.24, 2.45) is 12.8 Å². The topological polar surface area (TPSA) is 81.2 Å². The van der Waals surface area contributed by atoms with Crippen LogP contribution in [0.25, 0.3) is 0 Å². The second-order valence-electron chi connectivity index (χ2n) is 3.62.